The fraction of sp³-hybridized carbons (Fsp3) is 0.240. The zero-order chi connectivity index (χ0) is 23.8. The second-order valence-corrected chi connectivity index (χ2v) is 8.30. The number of nitriles is 1. The number of pyridine rings is 1. The van der Waals surface area contributed by atoms with E-state index >= 15 is 4.39 Å². The number of rotatable bonds is 3. The molecule has 1 atom stereocenters. The predicted octanol–water partition coefficient (Wildman–Crippen LogP) is 4.37. The Morgan fingerprint density at radius 2 is 2.00 bits per heavy atom. The summed E-state index contributed by atoms with van der Waals surface area (Å²) in [5.41, 5.74) is 2.09. The highest BCUT2D eigenvalue weighted by atomic mass is 19.1. The van der Waals surface area contributed by atoms with Crippen LogP contribution in [0.25, 0.3) is 32.9 Å². The van der Waals surface area contributed by atoms with Crippen molar-refractivity contribution in [3.05, 3.63) is 60.3 Å². The van der Waals surface area contributed by atoms with Gasteiger partial charge in [0.05, 0.1) is 23.9 Å². The molecule has 1 aliphatic rings. The summed E-state index contributed by atoms with van der Waals surface area (Å²) >= 11 is 0. The maximum absolute atomic E-state index is 15.8. The van der Waals surface area contributed by atoms with Crippen molar-refractivity contribution >= 4 is 33.6 Å². The molecule has 1 aliphatic heterocycles. The summed E-state index contributed by atoms with van der Waals surface area (Å²) in [4.78, 5) is 27.7. The van der Waals surface area contributed by atoms with E-state index in [0.717, 1.165) is 16.3 Å². The number of amides is 1. The van der Waals surface area contributed by atoms with Crippen LogP contribution in [-0.2, 0) is 0 Å². The molecule has 2 aromatic carbocycles. The summed E-state index contributed by atoms with van der Waals surface area (Å²) in [5.74, 6) is -0.0559. The first kappa shape index (κ1) is 21.5. The fourth-order valence-electron chi connectivity index (χ4n) is 4.72. The minimum atomic E-state index is -1.06. The third-order valence-electron chi connectivity index (χ3n) is 6.32. The van der Waals surface area contributed by atoms with Gasteiger partial charge in [0.1, 0.15) is 23.4 Å². The molecule has 5 rings (SSSR count). The van der Waals surface area contributed by atoms with Crippen molar-refractivity contribution in [3.63, 3.8) is 0 Å². The van der Waals surface area contributed by atoms with Crippen molar-refractivity contribution in [2.75, 3.05) is 24.5 Å². The zero-order valence-corrected chi connectivity index (χ0v) is 18.4. The van der Waals surface area contributed by atoms with E-state index in [9.17, 15) is 9.90 Å². The number of fused-ring (bicyclic) bond motifs is 2. The summed E-state index contributed by atoms with van der Waals surface area (Å²) in [7, 11) is 0. The zero-order valence-electron chi connectivity index (χ0n) is 18.4. The molecular weight excluding hydrogens is 435 g/mol. The van der Waals surface area contributed by atoms with Crippen LogP contribution in [0.5, 0.6) is 0 Å². The summed E-state index contributed by atoms with van der Waals surface area (Å²) in [6.45, 7) is 2.85. The van der Waals surface area contributed by atoms with Gasteiger partial charge < -0.3 is 14.9 Å². The van der Waals surface area contributed by atoms with Gasteiger partial charge in [0.2, 0.25) is 0 Å². The smallest absolute Gasteiger partial charge is 0.407 e. The van der Waals surface area contributed by atoms with Gasteiger partial charge in [0, 0.05) is 31.4 Å². The Hall–Kier alpha value is -4.32. The number of hydrogen-bond donors (Lipinski definition) is 1. The van der Waals surface area contributed by atoms with Crippen molar-refractivity contribution in [1.82, 2.24) is 19.9 Å². The number of benzene rings is 2. The van der Waals surface area contributed by atoms with E-state index in [1.54, 1.807) is 6.20 Å². The van der Waals surface area contributed by atoms with Crippen molar-refractivity contribution in [2.45, 2.75) is 19.4 Å². The first-order valence-electron chi connectivity index (χ1n) is 10.9. The van der Waals surface area contributed by atoms with Gasteiger partial charge in [-0.25, -0.2) is 19.2 Å². The van der Waals surface area contributed by atoms with E-state index in [4.69, 9.17) is 5.26 Å². The molecule has 0 spiro atoms. The van der Waals surface area contributed by atoms with Crippen LogP contribution in [-0.4, -0.2) is 56.7 Å². The maximum Gasteiger partial charge on any atom is 0.407 e. The Labute approximate surface area is 194 Å². The van der Waals surface area contributed by atoms with E-state index in [-0.39, 0.29) is 30.7 Å². The number of aryl methyl sites for hydroxylation is 1. The van der Waals surface area contributed by atoms with Crippen LogP contribution in [0.3, 0.4) is 0 Å². The van der Waals surface area contributed by atoms with Gasteiger partial charge in [0.25, 0.3) is 0 Å². The number of hydrogen-bond acceptors (Lipinski definition) is 6. The Bertz CT molecular complexity index is 1460. The quantitative estimate of drug-likeness (QED) is 0.488. The van der Waals surface area contributed by atoms with Crippen LogP contribution in [0.4, 0.5) is 15.0 Å². The van der Waals surface area contributed by atoms with E-state index in [1.165, 1.54) is 11.2 Å². The van der Waals surface area contributed by atoms with Crippen LogP contribution in [0.15, 0.2) is 48.9 Å². The molecular formula is C25H21FN6O2. The highest BCUT2D eigenvalue weighted by Crippen LogP contribution is 2.35. The Balaban J connectivity index is 1.59. The average molecular weight is 456 g/mol. The van der Waals surface area contributed by atoms with Crippen LogP contribution in [0.1, 0.15) is 12.0 Å². The number of carbonyl (C=O) groups is 1. The summed E-state index contributed by atoms with van der Waals surface area (Å²) in [6.07, 6.45) is 1.88. The van der Waals surface area contributed by atoms with Crippen molar-refractivity contribution in [1.29, 1.82) is 5.26 Å². The minimum absolute atomic E-state index is 0.0585. The van der Waals surface area contributed by atoms with Crippen LogP contribution in [0, 0.1) is 24.1 Å². The molecule has 0 aliphatic carbocycles. The molecule has 0 saturated carbocycles. The lowest BCUT2D eigenvalue weighted by molar-refractivity contribution is 0.119. The van der Waals surface area contributed by atoms with Gasteiger partial charge in [-0.3, -0.25) is 4.98 Å². The number of halogens is 1. The molecule has 9 heteroatoms. The third kappa shape index (κ3) is 3.53. The van der Waals surface area contributed by atoms with E-state index in [1.807, 2.05) is 54.3 Å². The molecule has 1 saturated heterocycles. The molecule has 8 nitrogen and oxygen atoms in total. The van der Waals surface area contributed by atoms with Gasteiger partial charge in [0.15, 0.2) is 5.82 Å². The summed E-state index contributed by atoms with van der Waals surface area (Å²) < 4.78 is 15.8. The fourth-order valence-corrected chi connectivity index (χ4v) is 4.72. The lowest BCUT2D eigenvalue weighted by Crippen LogP contribution is -2.55. The van der Waals surface area contributed by atoms with Crippen LogP contribution >= 0.6 is 0 Å². The standard InChI is InChI=1S/C25H21FN6O2/c1-15-4-2-5-16-6-3-7-18(20(15)16)22-21(26)23-19(12-28-22)24(30-14-29-23)31-10-11-32(25(33)34)17(13-31)8-9-27/h2-7,12,14,17H,8,10-11,13H2,1H3,(H,33,34). The van der Waals surface area contributed by atoms with Crippen molar-refractivity contribution in [2.24, 2.45) is 0 Å². The SMILES string of the molecule is Cc1cccc2cccc(-c3ncc4c(N5CCN(C(=O)O)C(CC#N)C5)ncnc4c3F)c12. The number of piperazine rings is 1. The first-order valence-corrected chi connectivity index (χ1v) is 10.9. The molecule has 1 amide bonds. The molecule has 1 N–H and O–H groups in total. The largest absolute Gasteiger partial charge is 0.465 e. The molecule has 1 fully saturated rings. The lowest BCUT2D eigenvalue weighted by Gasteiger charge is -2.39. The first-order chi connectivity index (χ1) is 16.5. The number of anilines is 1. The van der Waals surface area contributed by atoms with Gasteiger partial charge in [-0.2, -0.15) is 5.26 Å². The van der Waals surface area contributed by atoms with Gasteiger partial charge in [-0.05, 0) is 23.3 Å². The topological polar surface area (TPSA) is 106 Å². The minimum Gasteiger partial charge on any atom is -0.465 e. The molecule has 1 unspecified atom stereocenters. The van der Waals surface area contributed by atoms with Crippen LogP contribution in [0.2, 0.25) is 0 Å². The average Bonchev–Trinajstić information content (AvgIpc) is 2.84. The molecule has 34 heavy (non-hydrogen) atoms. The van der Waals surface area contributed by atoms with Crippen LogP contribution < -0.4 is 4.90 Å². The second-order valence-electron chi connectivity index (χ2n) is 8.30. The normalized spacial score (nSPS) is 16.1. The molecule has 170 valence electrons. The van der Waals surface area contributed by atoms with Gasteiger partial charge in [-0.1, -0.05) is 36.4 Å². The third-order valence-corrected chi connectivity index (χ3v) is 6.32. The monoisotopic (exact) mass is 456 g/mol. The number of carboxylic acid groups (broad SMARTS) is 1. The predicted molar refractivity (Wildman–Crippen MR) is 126 cm³/mol. The van der Waals surface area contributed by atoms with Crippen molar-refractivity contribution < 1.29 is 14.3 Å². The highest BCUT2D eigenvalue weighted by molar-refractivity contribution is 6.00. The summed E-state index contributed by atoms with van der Waals surface area (Å²) in [5, 5.41) is 21.0. The Morgan fingerprint density at radius 1 is 1.21 bits per heavy atom. The number of aromatic nitrogens is 3. The van der Waals surface area contributed by atoms with E-state index in [0.29, 0.717) is 23.3 Å². The van der Waals surface area contributed by atoms with Crippen molar-refractivity contribution in [3.8, 4) is 17.3 Å². The molecule has 2 aromatic heterocycles. The number of nitrogens with zero attached hydrogens (tertiary/aromatic N) is 6. The summed E-state index contributed by atoms with van der Waals surface area (Å²) in [6, 6.07) is 13.2. The Morgan fingerprint density at radius 3 is 2.76 bits per heavy atom. The Kier molecular flexibility index (Phi) is 5.42. The highest BCUT2D eigenvalue weighted by Gasteiger charge is 2.32. The lowest BCUT2D eigenvalue weighted by atomic mass is 9.97. The van der Waals surface area contributed by atoms with Gasteiger partial charge >= 0.3 is 6.09 Å². The van der Waals surface area contributed by atoms with E-state index in [2.05, 4.69) is 15.0 Å². The maximum atomic E-state index is 15.8. The molecule has 4 aromatic rings. The second kappa shape index (κ2) is 8.56. The van der Waals surface area contributed by atoms with E-state index < -0.39 is 18.0 Å². The van der Waals surface area contributed by atoms with Gasteiger partial charge in [-0.15, -0.1) is 0 Å². The molecule has 0 bridgehead atoms. The molecule has 0 radical (unpaired) electrons. The molecule has 3 heterocycles.